The number of nitrogens with zero attached hydrogens (tertiary/aromatic N) is 4. The van der Waals surface area contributed by atoms with Gasteiger partial charge in [0.05, 0.1) is 27.6 Å². The minimum Gasteiger partial charge on any atom is -0.325 e. The van der Waals surface area contributed by atoms with Crippen LogP contribution in [-0.4, -0.2) is 48.2 Å². The summed E-state index contributed by atoms with van der Waals surface area (Å²) in [7, 11) is -0.0438. The average molecular weight is 426 g/mol. The number of aryl methyl sites for hydroxylation is 2. The first-order valence-corrected chi connectivity index (χ1v) is 10.7. The second kappa shape index (κ2) is 8.98. The number of piperidine rings is 1. The number of pyridine rings is 1. The topological polar surface area (TPSA) is 80.1 Å². The largest absolute Gasteiger partial charge is 0.325 e. The Labute approximate surface area is 171 Å². The minimum atomic E-state index is -2.76. The molecule has 0 aliphatic carbocycles. The van der Waals surface area contributed by atoms with Gasteiger partial charge in [-0.2, -0.15) is 5.10 Å². The van der Waals surface area contributed by atoms with Gasteiger partial charge in [0.25, 0.3) is 6.43 Å². The molecule has 2 aromatic heterocycles. The third-order valence-corrected chi connectivity index (χ3v) is 7.04. The Morgan fingerprint density at radius 3 is 2.59 bits per heavy atom. The summed E-state index contributed by atoms with van der Waals surface area (Å²) in [6.45, 7) is 4.73. The molecule has 1 fully saturated rings. The molecule has 10 heteroatoms. The van der Waals surface area contributed by atoms with Gasteiger partial charge in [-0.1, -0.05) is 6.92 Å². The van der Waals surface area contributed by atoms with Crippen molar-refractivity contribution in [3.63, 3.8) is 0 Å². The summed E-state index contributed by atoms with van der Waals surface area (Å²) in [5, 5.41) is 6.27. The number of hydrogen-bond donors (Lipinski definition) is 1. The van der Waals surface area contributed by atoms with Gasteiger partial charge in [0.1, 0.15) is 5.69 Å². The third kappa shape index (κ3) is 4.98. The molecular weight excluding hydrogens is 400 g/mol. The monoisotopic (exact) mass is 425 g/mol. The Hall–Kier alpha value is -2.36. The Bertz CT molecular complexity index is 879. The molecule has 3 rings (SSSR count). The molecule has 0 spiro atoms. The molecule has 0 saturated carbocycles. The van der Waals surface area contributed by atoms with Crippen LogP contribution < -0.4 is 5.32 Å². The highest BCUT2D eigenvalue weighted by Gasteiger charge is 2.32. The maximum Gasteiger partial charge on any atom is 0.321 e. The fourth-order valence-corrected chi connectivity index (χ4v) is 5.10. The van der Waals surface area contributed by atoms with Crippen molar-refractivity contribution in [3.05, 3.63) is 35.9 Å². The lowest BCUT2D eigenvalue weighted by molar-refractivity contribution is 0.142. The first-order valence-electron chi connectivity index (χ1n) is 9.47. The number of hydrogen-bond acceptors (Lipinski definition) is 4. The van der Waals surface area contributed by atoms with Crippen molar-refractivity contribution in [3.8, 4) is 0 Å². The SMILES string of the molecule is Cc1ccc(NC(=O)N2CCC(C(C)S(=O)c3cn(C)nc3C(F)F)CC2)cn1. The molecule has 158 valence electrons. The zero-order valence-electron chi connectivity index (χ0n) is 16.6. The van der Waals surface area contributed by atoms with Gasteiger partial charge < -0.3 is 10.2 Å². The maximum atomic E-state index is 13.2. The summed E-state index contributed by atoms with van der Waals surface area (Å²) in [6.07, 6.45) is 1.59. The van der Waals surface area contributed by atoms with Gasteiger partial charge in [-0.3, -0.25) is 13.9 Å². The Morgan fingerprint density at radius 2 is 2.00 bits per heavy atom. The molecule has 0 aromatic carbocycles. The summed E-state index contributed by atoms with van der Waals surface area (Å²) in [6, 6.07) is 3.42. The van der Waals surface area contributed by atoms with Crippen molar-refractivity contribution in [2.24, 2.45) is 13.0 Å². The van der Waals surface area contributed by atoms with Gasteiger partial charge in [0.15, 0.2) is 0 Å². The van der Waals surface area contributed by atoms with Crippen LogP contribution in [0.5, 0.6) is 0 Å². The van der Waals surface area contributed by atoms with Crippen molar-refractivity contribution < 1.29 is 17.8 Å². The predicted molar refractivity (Wildman–Crippen MR) is 106 cm³/mol. The average Bonchev–Trinajstić information content (AvgIpc) is 3.11. The number of nitrogens with one attached hydrogen (secondary N) is 1. The van der Waals surface area contributed by atoms with Crippen LogP contribution in [-0.2, 0) is 17.8 Å². The highest BCUT2D eigenvalue weighted by atomic mass is 32.2. The third-order valence-electron chi connectivity index (χ3n) is 5.24. The maximum absolute atomic E-state index is 13.2. The number of aromatic nitrogens is 3. The second-order valence-electron chi connectivity index (χ2n) is 7.30. The number of anilines is 1. The van der Waals surface area contributed by atoms with E-state index >= 15 is 0 Å². The van der Waals surface area contributed by atoms with E-state index in [0.29, 0.717) is 31.6 Å². The van der Waals surface area contributed by atoms with E-state index in [1.807, 2.05) is 19.9 Å². The summed E-state index contributed by atoms with van der Waals surface area (Å²) < 4.78 is 40.5. The Balaban J connectivity index is 1.57. The second-order valence-corrected chi connectivity index (χ2v) is 9.08. The molecule has 29 heavy (non-hydrogen) atoms. The van der Waals surface area contributed by atoms with Crippen molar-refractivity contribution >= 4 is 22.5 Å². The van der Waals surface area contributed by atoms with E-state index in [2.05, 4.69) is 15.4 Å². The van der Waals surface area contributed by atoms with E-state index in [1.54, 1.807) is 17.2 Å². The summed E-state index contributed by atoms with van der Waals surface area (Å²) in [4.78, 5) is 18.4. The van der Waals surface area contributed by atoms with Crippen molar-refractivity contribution in [2.75, 3.05) is 18.4 Å². The molecule has 0 radical (unpaired) electrons. The minimum absolute atomic E-state index is 0.0756. The van der Waals surface area contributed by atoms with Crippen LogP contribution in [0.2, 0.25) is 0 Å². The molecule has 7 nitrogen and oxygen atoms in total. The van der Waals surface area contributed by atoms with Crippen LogP contribution >= 0.6 is 0 Å². The van der Waals surface area contributed by atoms with Crippen molar-refractivity contribution in [2.45, 2.75) is 43.3 Å². The Kier molecular flexibility index (Phi) is 6.61. The van der Waals surface area contributed by atoms with Crippen LogP contribution in [0.15, 0.2) is 29.4 Å². The summed E-state index contributed by atoms with van der Waals surface area (Å²) >= 11 is 0. The van der Waals surface area contributed by atoms with E-state index in [0.717, 1.165) is 5.69 Å². The van der Waals surface area contributed by atoms with Crippen LogP contribution in [0.25, 0.3) is 0 Å². The van der Waals surface area contributed by atoms with E-state index in [4.69, 9.17) is 0 Å². The van der Waals surface area contributed by atoms with E-state index in [9.17, 15) is 17.8 Å². The molecule has 1 N–H and O–H groups in total. The molecule has 1 saturated heterocycles. The van der Waals surface area contributed by atoms with E-state index in [-0.39, 0.29) is 22.1 Å². The Morgan fingerprint density at radius 1 is 1.31 bits per heavy atom. The van der Waals surface area contributed by atoms with Crippen LogP contribution in [0.1, 0.15) is 37.6 Å². The predicted octanol–water partition coefficient (Wildman–Crippen LogP) is 3.50. The molecule has 1 aliphatic heterocycles. The van der Waals surface area contributed by atoms with Gasteiger partial charge in [0.2, 0.25) is 0 Å². The van der Waals surface area contributed by atoms with Crippen LogP contribution in [0, 0.1) is 12.8 Å². The van der Waals surface area contributed by atoms with Gasteiger partial charge in [-0.05, 0) is 37.8 Å². The first kappa shape index (κ1) is 21.4. The van der Waals surface area contributed by atoms with Gasteiger partial charge in [-0.15, -0.1) is 0 Å². The zero-order chi connectivity index (χ0) is 21.1. The zero-order valence-corrected chi connectivity index (χ0v) is 17.5. The fraction of sp³-hybridized carbons (Fsp3) is 0.526. The lowest BCUT2D eigenvalue weighted by Crippen LogP contribution is -2.43. The number of amides is 2. The normalized spacial score (nSPS) is 17.4. The highest BCUT2D eigenvalue weighted by Crippen LogP contribution is 2.30. The van der Waals surface area contributed by atoms with Gasteiger partial charge in [-0.25, -0.2) is 13.6 Å². The molecule has 2 unspecified atom stereocenters. The van der Waals surface area contributed by atoms with E-state index < -0.39 is 22.9 Å². The lowest BCUT2D eigenvalue weighted by atomic mass is 9.94. The summed E-state index contributed by atoms with van der Waals surface area (Å²) in [5.41, 5.74) is 1.09. The van der Waals surface area contributed by atoms with Crippen molar-refractivity contribution in [1.29, 1.82) is 0 Å². The molecule has 2 atom stereocenters. The quantitative estimate of drug-likeness (QED) is 0.795. The lowest BCUT2D eigenvalue weighted by Gasteiger charge is -2.34. The fourth-order valence-electron chi connectivity index (χ4n) is 3.48. The first-order chi connectivity index (χ1) is 13.8. The van der Waals surface area contributed by atoms with E-state index in [1.165, 1.54) is 17.9 Å². The number of carbonyl (C=O) groups is 1. The van der Waals surface area contributed by atoms with Crippen LogP contribution in [0.4, 0.5) is 19.3 Å². The number of rotatable bonds is 5. The van der Waals surface area contributed by atoms with Crippen LogP contribution in [0.3, 0.4) is 0 Å². The number of urea groups is 1. The molecule has 2 aromatic rings. The molecule has 1 aliphatic rings. The number of halogens is 2. The standard InChI is InChI=1S/C19H25F2N5O2S/c1-12-4-5-15(10-22-12)23-19(27)26-8-6-14(7-9-26)13(2)29(28)16-11-25(3)24-17(16)18(20)21/h4-5,10-11,13-14,18H,6-9H2,1-3H3,(H,23,27). The molecule has 3 heterocycles. The molecular formula is C19H25F2N5O2S. The van der Waals surface area contributed by atoms with Gasteiger partial charge in [0, 0.05) is 37.3 Å². The number of alkyl halides is 2. The number of likely N-dealkylation sites (tertiary alicyclic amines) is 1. The highest BCUT2D eigenvalue weighted by molar-refractivity contribution is 7.85. The van der Waals surface area contributed by atoms with Gasteiger partial charge >= 0.3 is 6.03 Å². The molecule has 2 amide bonds. The molecule has 0 bridgehead atoms. The van der Waals surface area contributed by atoms with Crippen molar-refractivity contribution in [1.82, 2.24) is 19.7 Å². The smallest absolute Gasteiger partial charge is 0.321 e. The number of carbonyl (C=O) groups excluding carboxylic acids is 1. The summed E-state index contributed by atoms with van der Waals surface area (Å²) in [5.74, 6) is 0.0756.